The minimum atomic E-state index is 0.0900. The van der Waals surface area contributed by atoms with E-state index in [4.69, 9.17) is 21.0 Å². The molecule has 1 aromatic heterocycles. The molecule has 3 nitrogen and oxygen atoms in total. The number of hydrogen-bond acceptors (Lipinski definition) is 3. The SMILES string of the molecule is Oc1c(C(=Nc2ccc(Cl)cc2)c2ccccc2)oc2ccccc12. The van der Waals surface area contributed by atoms with E-state index in [1.54, 1.807) is 12.1 Å². The number of furan rings is 1. The maximum absolute atomic E-state index is 10.6. The number of hydrogen-bond donors (Lipinski definition) is 1. The maximum Gasteiger partial charge on any atom is 0.196 e. The van der Waals surface area contributed by atoms with E-state index >= 15 is 0 Å². The summed E-state index contributed by atoms with van der Waals surface area (Å²) >= 11 is 5.95. The van der Waals surface area contributed by atoms with Crippen molar-refractivity contribution in [3.8, 4) is 5.75 Å². The molecule has 0 unspecified atom stereocenters. The molecule has 25 heavy (non-hydrogen) atoms. The summed E-state index contributed by atoms with van der Waals surface area (Å²) in [5.74, 6) is 0.439. The zero-order valence-corrected chi connectivity index (χ0v) is 13.9. The van der Waals surface area contributed by atoms with Gasteiger partial charge in [0.25, 0.3) is 0 Å². The topological polar surface area (TPSA) is 45.7 Å². The van der Waals surface area contributed by atoms with E-state index in [-0.39, 0.29) is 5.75 Å². The van der Waals surface area contributed by atoms with Gasteiger partial charge >= 0.3 is 0 Å². The molecule has 0 radical (unpaired) electrons. The molecule has 0 aliphatic carbocycles. The molecule has 0 saturated heterocycles. The standard InChI is InChI=1S/C21H14ClNO2/c22-15-10-12-16(13-11-15)23-19(14-6-2-1-3-7-14)21-20(24)17-8-4-5-9-18(17)25-21/h1-13,24H. The van der Waals surface area contributed by atoms with Gasteiger partial charge in [0.15, 0.2) is 11.5 Å². The minimum absolute atomic E-state index is 0.0900. The molecule has 0 bridgehead atoms. The Labute approximate surface area is 149 Å². The van der Waals surface area contributed by atoms with Gasteiger partial charge in [0.1, 0.15) is 11.3 Å². The van der Waals surface area contributed by atoms with Crippen LogP contribution in [-0.4, -0.2) is 10.8 Å². The van der Waals surface area contributed by atoms with Crippen LogP contribution >= 0.6 is 11.6 Å². The average Bonchev–Trinajstić information content (AvgIpc) is 2.99. The highest BCUT2D eigenvalue weighted by atomic mass is 35.5. The number of benzene rings is 3. The van der Waals surface area contributed by atoms with Crippen LogP contribution in [0, 0.1) is 0 Å². The van der Waals surface area contributed by atoms with Gasteiger partial charge in [0.2, 0.25) is 0 Å². The number of para-hydroxylation sites is 1. The molecule has 0 aliphatic heterocycles. The quantitative estimate of drug-likeness (QED) is 0.465. The molecule has 0 aliphatic rings. The Bertz CT molecular complexity index is 1050. The normalized spacial score (nSPS) is 11.8. The molecular formula is C21H14ClNO2. The van der Waals surface area contributed by atoms with Gasteiger partial charge in [-0.15, -0.1) is 0 Å². The molecule has 0 spiro atoms. The Morgan fingerprint density at radius 1 is 0.840 bits per heavy atom. The number of rotatable bonds is 3. The molecule has 0 saturated carbocycles. The Morgan fingerprint density at radius 3 is 2.24 bits per heavy atom. The zero-order valence-electron chi connectivity index (χ0n) is 13.2. The molecule has 0 amide bonds. The van der Waals surface area contributed by atoms with E-state index in [1.165, 1.54) is 0 Å². The molecular weight excluding hydrogens is 334 g/mol. The van der Waals surface area contributed by atoms with E-state index in [9.17, 15) is 5.11 Å². The molecule has 3 aromatic carbocycles. The second-order valence-corrected chi connectivity index (χ2v) is 6.02. The summed E-state index contributed by atoms with van der Waals surface area (Å²) in [4.78, 5) is 4.70. The van der Waals surface area contributed by atoms with Crippen LogP contribution < -0.4 is 0 Å². The van der Waals surface area contributed by atoms with E-state index < -0.39 is 0 Å². The fraction of sp³-hybridized carbons (Fsp3) is 0. The van der Waals surface area contributed by atoms with Gasteiger partial charge in [-0.05, 0) is 36.4 Å². The predicted octanol–water partition coefficient (Wildman–Crippen LogP) is 5.96. The predicted molar refractivity (Wildman–Crippen MR) is 101 cm³/mol. The first-order valence-corrected chi connectivity index (χ1v) is 8.21. The third-order valence-corrected chi connectivity index (χ3v) is 4.15. The molecule has 0 atom stereocenters. The van der Waals surface area contributed by atoms with Crippen molar-refractivity contribution in [2.75, 3.05) is 0 Å². The second kappa shape index (κ2) is 6.46. The Kier molecular flexibility index (Phi) is 4.00. The van der Waals surface area contributed by atoms with Gasteiger partial charge < -0.3 is 9.52 Å². The number of nitrogens with zero attached hydrogens (tertiary/aromatic N) is 1. The monoisotopic (exact) mass is 347 g/mol. The van der Waals surface area contributed by atoms with Gasteiger partial charge in [0.05, 0.1) is 11.1 Å². The molecule has 4 rings (SSSR count). The molecule has 4 aromatic rings. The van der Waals surface area contributed by atoms with E-state index in [1.807, 2.05) is 66.7 Å². The van der Waals surface area contributed by atoms with Crippen molar-refractivity contribution in [3.63, 3.8) is 0 Å². The van der Waals surface area contributed by atoms with Crippen molar-refractivity contribution in [2.24, 2.45) is 4.99 Å². The third kappa shape index (κ3) is 3.02. The van der Waals surface area contributed by atoms with Crippen LogP contribution in [0.4, 0.5) is 5.69 Å². The fourth-order valence-corrected chi connectivity index (χ4v) is 2.81. The van der Waals surface area contributed by atoms with Gasteiger partial charge in [-0.25, -0.2) is 4.99 Å². The molecule has 1 heterocycles. The van der Waals surface area contributed by atoms with E-state index in [0.29, 0.717) is 27.5 Å². The summed E-state index contributed by atoms with van der Waals surface area (Å²) in [7, 11) is 0. The lowest BCUT2D eigenvalue weighted by Gasteiger charge is -2.05. The van der Waals surface area contributed by atoms with Crippen LogP contribution in [0.3, 0.4) is 0 Å². The van der Waals surface area contributed by atoms with Crippen LogP contribution in [0.2, 0.25) is 5.02 Å². The first-order valence-electron chi connectivity index (χ1n) is 7.83. The van der Waals surface area contributed by atoms with Crippen molar-refractivity contribution >= 4 is 34.0 Å². The highest BCUT2D eigenvalue weighted by molar-refractivity contribution is 6.30. The van der Waals surface area contributed by atoms with Crippen molar-refractivity contribution < 1.29 is 9.52 Å². The number of aliphatic imine (C=N–C) groups is 1. The first-order chi connectivity index (χ1) is 12.2. The van der Waals surface area contributed by atoms with Gasteiger partial charge in [-0.3, -0.25) is 0 Å². The molecule has 122 valence electrons. The van der Waals surface area contributed by atoms with Crippen molar-refractivity contribution in [1.29, 1.82) is 0 Å². The highest BCUT2D eigenvalue weighted by Crippen LogP contribution is 2.34. The second-order valence-electron chi connectivity index (χ2n) is 5.58. The summed E-state index contributed by atoms with van der Waals surface area (Å²) in [6, 6.07) is 24.2. The number of aromatic hydroxyl groups is 1. The molecule has 0 fully saturated rings. The van der Waals surface area contributed by atoms with Crippen LogP contribution in [-0.2, 0) is 0 Å². The Balaban J connectivity index is 1.94. The van der Waals surface area contributed by atoms with Gasteiger partial charge in [-0.2, -0.15) is 0 Å². The van der Waals surface area contributed by atoms with Crippen LogP contribution in [0.25, 0.3) is 11.0 Å². The molecule has 1 N–H and O–H groups in total. The van der Waals surface area contributed by atoms with Crippen molar-refractivity contribution in [1.82, 2.24) is 0 Å². The van der Waals surface area contributed by atoms with Gasteiger partial charge in [-0.1, -0.05) is 54.1 Å². The van der Waals surface area contributed by atoms with E-state index in [2.05, 4.69) is 0 Å². The average molecular weight is 348 g/mol. The summed E-state index contributed by atoms with van der Waals surface area (Å²) < 4.78 is 5.90. The largest absolute Gasteiger partial charge is 0.504 e. The lowest BCUT2D eigenvalue weighted by Crippen LogP contribution is -2.01. The summed E-state index contributed by atoms with van der Waals surface area (Å²) in [5, 5.41) is 12.0. The van der Waals surface area contributed by atoms with E-state index in [0.717, 1.165) is 11.3 Å². The lowest BCUT2D eigenvalue weighted by molar-refractivity contribution is 0.461. The first kappa shape index (κ1) is 15.5. The smallest absolute Gasteiger partial charge is 0.196 e. The Morgan fingerprint density at radius 2 is 1.52 bits per heavy atom. The summed E-state index contributed by atoms with van der Waals surface area (Å²) in [5.41, 5.74) is 2.77. The minimum Gasteiger partial charge on any atom is -0.504 e. The highest BCUT2D eigenvalue weighted by Gasteiger charge is 2.19. The maximum atomic E-state index is 10.6. The van der Waals surface area contributed by atoms with Crippen LogP contribution in [0.15, 0.2) is 88.3 Å². The van der Waals surface area contributed by atoms with Crippen LogP contribution in [0.1, 0.15) is 11.3 Å². The lowest BCUT2D eigenvalue weighted by atomic mass is 10.1. The van der Waals surface area contributed by atoms with Crippen molar-refractivity contribution in [3.05, 3.63) is 95.2 Å². The number of fused-ring (bicyclic) bond motifs is 1. The summed E-state index contributed by atoms with van der Waals surface area (Å²) in [6.07, 6.45) is 0. The fourth-order valence-electron chi connectivity index (χ4n) is 2.68. The van der Waals surface area contributed by atoms with Crippen LogP contribution in [0.5, 0.6) is 5.75 Å². The molecule has 4 heteroatoms. The number of halogens is 1. The van der Waals surface area contributed by atoms with Gasteiger partial charge in [0, 0.05) is 10.6 Å². The van der Waals surface area contributed by atoms with Crippen molar-refractivity contribution in [2.45, 2.75) is 0 Å². The zero-order chi connectivity index (χ0) is 17.2. The Hall–Kier alpha value is -3.04. The summed E-state index contributed by atoms with van der Waals surface area (Å²) in [6.45, 7) is 0. The third-order valence-electron chi connectivity index (χ3n) is 3.90.